The summed E-state index contributed by atoms with van der Waals surface area (Å²) in [5.74, 6) is 0. The normalized spacial score (nSPS) is 19.7. The van der Waals surface area contributed by atoms with Gasteiger partial charge in [0.1, 0.15) is 6.07 Å². The Morgan fingerprint density at radius 2 is 2.18 bits per heavy atom. The molecule has 1 fully saturated rings. The van der Waals surface area contributed by atoms with Crippen molar-refractivity contribution < 1.29 is 9.53 Å². The van der Waals surface area contributed by atoms with Gasteiger partial charge in [0.15, 0.2) is 6.10 Å². The maximum absolute atomic E-state index is 11.7. The zero-order valence-corrected chi connectivity index (χ0v) is 9.93. The molecule has 88 valence electrons. The highest BCUT2D eigenvalue weighted by atomic mass is 16.6. The van der Waals surface area contributed by atoms with Gasteiger partial charge < -0.3 is 4.74 Å². The Hall–Kier alpha value is -2.02. The molecule has 0 N–H and O–H groups in total. The Bertz CT molecular complexity index is 491. The van der Waals surface area contributed by atoms with Gasteiger partial charge in [0.25, 0.3) is 0 Å². The second-order valence-electron chi connectivity index (χ2n) is 4.21. The molecule has 0 aromatic heterocycles. The highest BCUT2D eigenvalue weighted by molar-refractivity contribution is 5.88. The van der Waals surface area contributed by atoms with Crippen molar-refractivity contribution in [2.24, 2.45) is 0 Å². The standard InChI is InChI=1S/C13H14N2O2/c1-9-3-4-11(7-10(9)2)15-6-5-12(8-14)17-13(15)16/h3-4,7,12H,5-6H2,1-2H3. The average Bonchev–Trinajstić information content (AvgIpc) is 2.32. The number of nitrogens with zero attached hydrogens (tertiary/aromatic N) is 2. The van der Waals surface area contributed by atoms with Crippen molar-refractivity contribution in [3.63, 3.8) is 0 Å². The van der Waals surface area contributed by atoms with Gasteiger partial charge in [-0.2, -0.15) is 5.26 Å². The lowest BCUT2D eigenvalue weighted by Gasteiger charge is -2.29. The van der Waals surface area contributed by atoms with Crippen molar-refractivity contribution >= 4 is 11.8 Å². The molecule has 0 saturated carbocycles. The third-order valence-corrected chi connectivity index (χ3v) is 3.02. The first-order valence-electron chi connectivity index (χ1n) is 5.57. The van der Waals surface area contributed by atoms with Crippen LogP contribution in [0.15, 0.2) is 18.2 Å². The number of carbonyl (C=O) groups excluding carboxylic acids is 1. The molecular formula is C13H14N2O2. The molecule has 0 radical (unpaired) electrons. The summed E-state index contributed by atoms with van der Waals surface area (Å²) in [6.45, 7) is 4.56. The predicted molar refractivity (Wildman–Crippen MR) is 63.8 cm³/mol. The molecular weight excluding hydrogens is 216 g/mol. The van der Waals surface area contributed by atoms with Crippen molar-refractivity contribution in [3.8, 4) is 6.07 Å². The van der Waals surface area contributed by atoms with Gasteiger partial charge in [0.2, 0.25) is 0 Å². The van der Waals surface area contributed by atoms with Crippen LogP contribution >= 0.6 is 0 Å². The number of hydrogen-bond acceptors (Lipinski definition) is 3. The number of amides is 1. The molecule has 2 rings (SSSR count). The molecule has 1 aliphatic rings. The quantitative estimate of drug-likeness (QED) is 0.745. The van der Waals surface area contributed by atoms with Gasteiger partial charge >= 0.3 is 6.09 Å². The smallest absolute Gasteiger partial charge is 0.415 e. The molecule has 0 spiro atoms. The Kier molecular flexibility index (Phi) is 3.01. The fourth-order valence-corrected chi connectivity index (χ4v) is 1.80. The van der Waals surface area contributed by atoms with Gasteiger partial charge in [-0.15, -0.1) is 0 Å². The SMILES string of the molecule is Cc1ccc(N2CCC(C#N)OC2=O)cc1C. The number of hydrogen-bond donors (Lipinski definition) is 0. The summed E-state index contributed by atoms with van der Waals surface area (Å²) < 4.78 is 5.00. The van der Waals surface area contributed by atoms with Gasteiger partial charge in [-0.05, 0) is 37.1 Å². The van der Waals surface area contributed by atoms with E-state index >= 15 is 0 Å². The number of carbonyl (C=O) groups is 1. The molecule has 0 aliphatic carbocycles. The fourth-order valence-electron chi connectivity index (χ4n) is 1.80. The van der Waals surface area contributed by atoms with E-state index in [9.17, 15) is 4.79 Å². The lowest BCUT2D eigenvalue weighted by atomic mass is 10.1. The van der Waals surface area contributed by atoms with E-state index in [-0.39, 0.29) is 0 Å². The van der Waals surface area contributed by atoms with Crippen LogP contribution in [0.1, 0.15) is 17.5 Å². The van der Waals surface area contributed by atoms with Crippen molar-refractivity contribution in [2.45, 2.75) is 26.4 Å². The van der Waals surface area contributed by atoms with Gasteiger partial charge in [-0.1, -0.05) is 6.07 Å². The van der Waals surface area contributed by atoms with Crippen LogP contribution in [0, 0.1) is 25.2 Å². The van der Waals surface area contributed by atoms with Crippen LogP contribution in [0.4, 0.5) is 10.5 Å². The van der Waals surface area contributed by atoms with E-state index in [0.29, 0.717) is 13.0 Å². The third kappa shape index (κ3) is 2.23. The van der Waals surface area contributed by atoms with Gasteiger partial charge in [-0.3, -0.25) is 4.90 Å². The first kappa shape index (κ1) is 11.5. The summed E-state index contributed by atoms with van der Waals surface area (Å²) in [6.07, 6.45) is -0.494. The second kappa shape index (κ2) is 4.46. The van der Waals surface area contributed by atoms with E-state index in [1.165, 1.54) is 5.56 Å². The fraction of sp³-hybridized carbons (Fsp3) is 0.385. The van der Waals surface area contributed by atoms with E-state index < -0.39 is 12.2 Å². The van der Waals surface area contributed by atoms with Crippen LogP contribution in [0.25, 0.3) is 0 Å². The molecule has 1 amide bonds. The summed E-state index contributed by atoms with van der Waals surface area (Å²) in [5.41, 5.74) is 3.15. The second-order valence-corrected chi connectivity index (χ2v) is 4.21. The molecule has 1 aliphatic heterocycles. The highest BCUT2D eigenvalue weighted by Gasteiger charge is 2.27. The van der Waals surface area contributed by atoms with Crippen LogP contribution in [0.5, 0.6) is 0 Å². The first-order chi connectivity index (χ1) is 8.11. The highest BCUT2D eigenvalue weighted by Crippen LogP contribution is 2.23. The summed E-state index contributed by atoms with van der Waals surface area (Å²) in [5, 5.41) is 8.70. The van der Waals surface area contributed by atoms with E-state index in [2.05, 4.69) is 0 Å². The van der Waals surface area contributed by atoms with Gasteiger partial charge in [0, 0.05) is 18.7 Å². The number of benzene rings is 1. The van der Waals surface area contributed by atoms with Crippen LogP contribution in [-0.2, 0) is 4.74 Å². The van der Waals surface area contributed by atoms with Gasteiger partial charge in [-0.25, -0.2) is 4.79 Å². The Morgan fingerprint density at radius 1 is 1.41 bits per heavy atom. The van der Waals surface area contributed by atoms with E-state index in [1.54, 1.807) is 4.90 Å². The van der Waals surface area contributed by atoms with E-state index in [1.807, 2.05) is 38.1 Å². The molecule has 1 aromatic rings. The number of ether oxygens (including phenoxy) is 1. The largest absolute Gasteiger partial charge is 0.430 e. The number of cyclic esters (lactones) is 1. The topological polar surface area (TPSA) is 53.3 Å². The van der Waals surface area contributed by atoms with E-state index in [0.717, 1.165) is 11.3 Å². The maximum atomic E-state index is 11.7. The molecule has 1 unspecified atom stereocenters. The zero-order valence-electron chi connectivity index (χ0n) is 9.93. The Balaban J connectivity index is 2.21. The van der Waals surface area contributed by atoms with Crippen LogP contribution < -0.4 is 4.90 Å². The lowest BCUT2D eigenvalue weighted by Crippen LogP contribution is -2.41. The monoisotopic (exact) mass is 230 g/mol. The van der Waals surface area contributed by atoms with Crippen molar-refractivity contribution in [3.05, 3.63) is 29.3 Å². The third-order valence-electron chi connectivity index (χ3n) is 3.02. The summed E-state index contributed by atoms with van der Waals surface area (Å²) in [6, 6.07) is 7.80. The molecule has 4 heteroatoms. The van der Waals surface area contributed by atoms with E-state index in [4.69, 9.17) is 10.00 Å². The molecule has 1 heterocycles. The molecule has 0 bridgehead atoms. The van der Waals surface area contributed by atoms with Crippen molar-refractivity contribution in [2.75, 3.05) is 11.4 Å². The summed E-state index contributed by atoms with van der Waals surface area (Å²) in [4.78, 5) is 13.3. The average molecular weight is 230 g/mol. The summed E-state index contributed by atoms with van der Waals surface area (Å²) >= 11 is 0. The molecule has 1 atom stereocenters. The van der Waals surface area contributed by atoms with Crippen LogP contribution in [0.2, 0.25) is 0 Å². The maximum Gasteiger partial charge on any atom is 0.415 e. The van der Waals surface area contributed by atoms with Gasteiger partial charge in [0.05, 0.1) is 0 Å². The predicted octanol–water partition coefficient (Wildman–Crippen LogP) is 2.54. The lowest BCUT2D eigenvalue weighted by molar-refractivity contribution is 0.111. The van der Waals surface area contributed by atoms with Crippen LogP contribution in [-0.4, -0.2) is 18.7 Å². The minimum Gasteiger partial charge on any atom is -0.430 e. The molecule has 17 heavy (non-hydrogen) atoms. The minimum atomic E-state index is -0.606. The van der Waals surface area contributed by atoms with Crippen LogP contribution in [0.3, 0.4) is 0 Å². The number of aryl methyl sites for hydroxylation is 2. The summed E-state index contributed by atoms with van der Waals surface area (Å²) in [7, 11) is 0. The Labute approximate surface area is 100 Å². The van der Waals surface area contributed by atoms with Crippen molar-refractivity contribution in [1.82, 2.24) is 0 Å². The number of nitriles is 1. The number of anilines is 1. The molecule has 1 aromatic carbocycles. The zero-order chi connectivity index (χ0) is 12.4. The molecule has 1 saturated heterocycles. The minimum absolute atomic E-state index is 0.439. The Morgan fingerprint density at radius 3 is 2.76 bits per heavy atom. The van der Waals surface area contributed by atoms with Crippen molar-refractivity contribution in [1.29, 1.82) is 5.26 Å². The first-order valence-corrected chi connectivity index (χ1v) is 5.57. The number of rotatable bonds is 1. The molecule has 4 nitrogen and oxygen atoms in total.